The fraction of sp³-hybridized carbons (Fsp3) is 0. The van der Waals surface area contributed by atoms with Gasteiger partial charge in [0.25, 0.3) is 0 Å². The van der Waals surface area contributed by atoms with Gasteiger partial charge in [-0.15, -0.1) is 11.3 Å². The first-order valence-electron chi connectivity index (χ1n) is 17.3. The molecule has 2 nitrogen and oxygen atoms in total. The molecule has 0 radical (unpaired) electrons. The lowest BCUT2D eigenvalue weighted by Gasteiger charge is -2.27. The molecule has 2 heterocycles. The molecule has 0 saturated heterocycles. The van der Waals surface area contributed by atoms with Crippen LogP contribution in [0, 0.1) is 0 Å². The number of para-hydroxylation sites is 1. The molecule has 0 aliphatic carbocycles. The summed E-state index contributed by atoms with van der Waals surface area (Å²) < 4.78 is 8.79. The lowest BCUT2D eigenvalue weighted by Crippen LogP contribution is -2.10. The van der Waals surface area contributed by atoms with Gasteiger partial charge in [-0.05, 0) is 81.9 Å². The van der Waals surface area contributed by atoms with E-state index in [1.807, 2.05) is 23.5 Å². The van der Waals surface area contributed by atoms with Gasteiger partial charge in [0.2, 0.25) is 0 Å². The zero-order valence-electron chi connectivity index (χ0n) is 27.7. The van der Waals surface area contributed by atoms with Crippen LogP contribution in [0.15, 0.2) is 192 Å². The van der Waals surface area contributed by atoms with Crippen molar-refractivity contribution < 1.29 is 4.42 Å². The molecule has 0 saturated carbocycles. The minimum atomic E-state index is 0.905. The second kappa shape index (κ2) is 12.2. The van der Waals surface area contributed by atoms with Gasteiger partial charge in [-0.2, -0.15) is 0 Å². The number of furan rings is 1. The summed E-state index contributed by atoms with van der Waals surface area (Å²) >= 11 is 1.87. The van der Waals surface area contributed by atoms with Crippen LogP contribution < -0.4 is 4.90 Å². The predicted octanol–water partition coefficient (Wildman–Crippen LogP) is 14.4. The highest BCUT2D eigenvalue weighted by molar-refractivity contribution is 7.26. The van der Waals surface area contributed by atoms with Crippen molar-refractivity contribution in [2.24, 2.45) is 0 Å². The van der Waals surface area contributed by atoms with E-state index in [1.54, 1.807) is 0 Å². The standard InChI is InChI=1S/C48H31NOS/c1-3-13-32(14-4-1)35-17-11-18-37(31-35)49(36-27-25-34(26-28-36)38-21-12-23-44-46(38)40-19-7-9-22-43(40)50-44)42-30-29-39(33-15-5-2-6-16-33)47-41-20-8-10-24-45(41)51-48(42)47/h1-31H. The first-order chi connectivity index (χ1) is 25.3. The first kappa shape index (κ1) is 29.5. The summed E-state index contributed by atoms with van der Waals surface area (Å²) in [6.45, 7) is 0. The zero-order valence-corrected chi connectivity index (χ0v) is 28.5. The Kier molecular flexibility index (Phi) is 7.04. The van der Waals surface area contributed by atoms with Gasteiger partial charge in [0.05, 0.1) is 10.4 Å². The molecule has 0 amide bonds. The highest BCUT2D eigenvalue weighted by Crippen LogP contribution is 2.49. The Bertz CT molecular complexity index is 2850. The maximum Gasteiger partial charge on any atom is 0.136 e. The van der Waals surface area contributed by atoms with Crippen molar-refractivity contribution in [2.75, 3.05) is 4.90 Å². The van der Waals surface area contributed by atoms with Crippen LogP contribution in [0.1, 0.15) is 0 Å². The highest BCUT2D eigenvalue weighted by Gasteiger charge is 2.21. The molecule has 0 fully saturated rings. The van der Waals surface area contributed by atoms with E-state index in [1.165, 1.54) is 48.0 Å². The lowest BCUT2D eigenvalue weighted by atomic mass is 9.97. The van der Waals surface area contributed by atoms with E-state index in [9.17, 15) is 0 Å². The molecule has 10 aromatic rings. The molecule has 10 rings (SSSR count). The van der Waals surface area contributed by atoms with Crippen LogP contribution in [0.5, 0.6) is 0 Å². The summed E-state index contributed by atoms with van der Waals surface area (Å²) in [7, 11) is 0. The van der Waals surface area contributed by atoms with Gasteiger partial charge in [-0.25, -0.2) is 0 Å². The van der Waals surface area contributed by atoms with E-state index >= 15 is 0 Å². The summed E-state index contributed by atoms with van der Waals surface area (Å²) in [5.74, 6) is 0. The van der Waals surface area contributed by atoms with E-state index < -0.39 is 0 Å². The molecule has 8 aromatic carbocycles. The van der Waals surface area contributed by atoms with Crippen molar-refractivity contribution in [1.82, 2.24) is 0 Å². The van der Waals surface area contributed by atoms with Crippen molar-refractivity contribution >= 4 is 70.5 Å². The molecule has 0 aliphatic rings. The van der Waals surface area contributed by atoms with Gasteiger partial charge in [-0.3, -0.25) is 0 Å². The summed E-state index contributed by atoms with van der Waals surface area (Å²) in [5, 5.41) is 4.86. The number of thiophene rings is 1. The second-order valence-corrected chi connectivity index (χ2v) is 13.9. The van der Waals surface area contributed by atoms with Gasteiger partial charge in [0, 0.05) is 37.6 Å². The van der Waals surface area contributed by atoms with Crippen LogP contribution in [-0.2, 0) is 0 Å². The third-order valence-electron chi connectivity index (χ3n) is 9.88. The summed E-state index contributed by atoms with van der Waals surface area (Å²) in [6, 6.07) is 67.4. The van der Waals surface area contributed by atoms with E-state index in [4.69, 9.17) is 4.42 Å². The summed E-state index contributed by atoms with van der Waals surface area (Å²) in [6.07, 6.45) is 0. The van der Waals surface area contributed by atoms with Gasteiger partial charge in [-0.1, -0.05) is 140 Å². The fourth-order valence-corrected chi connectivity index (χ4v) is 8.77. The van der Waals surface area contributed by atoms with E-state index in [0.29, 0.717) is 0 Å². The van der Waals surface area contributed by atoms with Crippen LogP contribution in [0.4, 0.5) is 17.1 Å². The average Bonchev–Trinajstić information content (AvgIpc) is 3.79. The van der Waals surface area contributed by atoms with Gasteiger partial charge in [0.1, 0.15) is 11.2 Å². The topological polar surface area (TPSA) is 16.4 Å². The summed E-state index contributed by atoms with van der Waals surface area (Å²) in [5.41, 5.74) is 12.4. The third kappa shape index (κ3) is 5.01. The number of benzene rings is 8. The Labute approximate surface area is 300 Å². The Balaban J connectivity index is 1.19. The number of nitrogens with zero attached hydrogens (tertiary/aromatic N) is 1. The minimum Gasteiger partial charge on any atom is -0.456 e. The molecule has 0 spiro atoms. The molecule has 0 atom stereocenters. The van der Waals surface area contributed by atoms with Crippen LogP contribution in [0.3, 0.4) is 0 Å². The Morgan fingerprint density at radius 3 is 1.84 bits per heavy atom. The maximum atomic E-state index is 6.24. The second-order valence-electron chi connectivity index (χ2n) is 12.9. The SMILES string of the molecule is c1ccc(-c2cccc(N(c3ccc(-c4cccc5oc6ccccc6c45)cc3)c3ccc(-c4ccccc4)c4c3sc3ccccc34)c2)cc1. The molecular formula is C48H31NOS. The number of fused-ring (bicyclic) bond motifs is 6. The van der Waals surface area contributed by atoms with E-state index in [0.717, 1.165) is 44.6 Å². The molecule has 0 unspecified atom stereocenters. The number of hydrogen-bond donors (Lipinski definition) is 0. The highest BCUT2D eigenvalue weighted by atomic mass is 32.1. The molecule has 51 heavy (non-hydrogen) atoms. The van der Waals surface area contributed by atoms with Crippen LogP contribution >= 0.6 is 11.3 Å². The molecular weight excluding hydrogens is 639 g/mol. The molecule has 0 N–H and O–H groups in total. The Hall–Kier alpha value is -6.42. The number of hydrogen-bond acceptors (Lipinski definition) is 3. The lowest BCUT2D eigenvalue weighted by molar-refractivity contribution is 0.669. The van der Waals surface area contributed by atoms with Gasteiger partial charge in [0.15, 0.2) is 0 Å². The maximum absolute atomic E-state index is 6.24. The quantitative estimate of drug-likeness (QED) is 0.175. The van der Waals surface area contributed by atoms with E-state index in [-0.39, 0.29) is 0 Å². The Morgan fingerprint density at radius 2 is 1.02 bits per heavy atom. The summed E-state index contributed by atoms with van der Waals surface area (Å²) in [4.78, 5) is 2.43. The molecule has 2 aromatic heterocycles. The number of rotatable bonds is 6. The fourth-order valence-electron chi connectivity index (χ4n) is 7.54. The average molecular weight is 670 g/mol. The third-order valence-corrected chi connectivity index (χ3v) is 11.1. The largest absolute Gasteiger partial charge is 0.456 e. The molecule has 240 valence electrons. The first-order valence-corrected chi connectivity index (χ1v) is 18.1. The van der Waals surface area contributed by atoms with Crippen molar-refractivity contribution in [3.8, 4) is 33.4 Å². The minimum absolute atomic E-state index is 0.905. The predicted molar refractivity (Wildman–Crippen MR) is 218 cm³/mol. The normalized spacial score (nSPS) is 11.5. The van der Waals surface area contributed by atoms with Crippen molar-refractivity contribution in [3.05, 3.63) is 188 Å². The number of anilines is 3. The monoisotopic (exact) mass is 669 g/mol. The van der Waals surface area contributed by atoms with Crippen molar-refractivity contribution in [1.29, 1.82) is 0 Å². The van der Waals surface area contributed by atoms with Crippen molar-refractivity contribution in [2.45, 2.75) is 0 Å². The zero-order chi connectivity index (χ0) is 33.7. The van der Waals surface area contributed by atoms with Crippen LogP contribution in [0.25, 0.3) is 75.5 Å². The molecule has 0 bridgehead atoms. The molecule has 3 heteroatoms. The van der Waals surface area contributed by atoms with E-state index in [2.05, 4.69) is 181 Å². The van der Waals surface area contributed by atoms with Crippen LogP contribution in [-0.4, -0.2) is 0 Å². The Morgan fingerprint density at radius 1 is 0.392 bits per heavy atom. The molecule has 0 aliphatic heterocycles. The van der Waals surface area contributed by atoms with Gasteiger partial charge >= 0.3 is 0 Å². The van der Waals surface area contributed by atoms with Gasteiger partial charge < -0.3 is 9.32 Å². The van der Waals surface area contributed by atoms with Crippen LogP contribution in [0.2, 0.25) is 0 Å². The smallest absolute Gasteiger partial charge is 0.136 e. The van der Waals surface area contributed by atoms with Crippen molar-refractivity contribution in [3.63, 3.8) is 0 Å².